The minimum absolute atomic E-state index is 0.000622. The Hall–Kier alpha value is -1.59. The van der Waals surface area contributed by atoms with Gasteiger partial charge in [0.15, 0.2) is 0 Å². The molecular formula is C14H22N2O3. The van der Waals surface area contributed by atoms with Crippen LogP contribution >= 0.6 is 0 Å². The lowest BCUT2D eigenvalue weighted by Gasteiger charge is -2.09. The van der Waals surface area contributed by atoms with Crippen LogP contribution in [0, 0.1) is 5.92 Å². The molecule has 0 aromatic heterocycles. The zero-order valence-electron chi connectivity index (χ0n) is 11.5. The Balaban J connectivity index is 2.13. The van der Waals surface area contributed by atoms with Crippen LogP contribution in [-0.4, -0.2) is 32.3 Å². The number of carbonyl (C=O) groups is 1. The van der Waals surface area contributed by atoms with Crippen LogP contribution in [0.25, 0.3) is 0 Å². The minimum Gasteiger partial charge on any atom is -0.397 e. The molecule has 0 atom stereocenters. The zero-order valence-corrected chi connectivity index (χ0v) is 11.5. The minimum atomic E-state index is -0.221. The van der Waals surface area contributed by atoms with Crippen molar-refractivity contribution in [1.82, 2.24) is 0 Å². The molecule has 0 unspecified atom stereocenters. The lowest BCUT2D eigenvalue weighted by Crippen LogP contribution is -2.20. The molecule has 0 saturated carbocycles. The van der Waals surface area contributed by atoms with Gasteiger partial charge in [0.25, 0.3) is 0 Å². The number of rotatable bonds is 8. The molecule has 1 amide bonds. The van der Waals surface area contributed by atoms with E-state index in [-0.39, 0.29) is 12.5 Å². The molecule has 1 aromatic rings. The van der Waals surface area contributed by atoms with Crippen molar-refractivity contribution in [2.24, 2.45) is 5.92 Å². The molecule has 1 rings (SSSR count). The Morgan fingerprint density at radius 2 is 1.95 bits per heavy atom. The van der Waals surface area contributed by atoms with Gasteiger partial charge in [-0.05, 0) is 18.1 Å². The van der Waals surface area contributed by atoms with Crippen LogP contribution < -0.4 is 11.1 Å². The van der Waals surface area contributed by atoms with Gasteiger partial charge < -0.3 is 20.5 Å². The first kappa shape index (κ1) is 15.5. The lowest BCUT2D eigenvalue weighted by molar-refractivity contribution is -0.121. The van der Waals surface area contributed by atoms with E-state index >= 15 is 0 Å². The number of hydrogen-bond donors (Lipinski definition) is 2. The third-order valence-electron chi connectivity index (χ3n) is 2.29. The maximum absolute atomic E-state index is 11.6. The first-order valence-electron chi connectivity index (χ1n) is 6.39. The van der Waals surface area contributed by atoms with E-state index in [1.165, 1.54) is 0 Å². The number of hydrogen-bond acceptors (Lipinski definition) is 4. The first-order valence-corrected chi connectivity index (χ1v) is 6.39. The smallest absolute Gasteiger partial charge is 0.250 e. The molecule has 0 spiro atoms. The quantitative estimate of drug-likeness (QED) is 0.556. The summed E-state index contributed by atoms with van der Waals surface area (Å²) in [6, 6.07) is 7.11. The number of amides is 1. The molecule has 0 aliphatic rings. The van der Waals surface area contributed by atoms with E-state index < -0.39 is 0 Å². The molecule has 0 saturated heterocycles. The molecule has 0 bridgehead atoms. The largest absolute Gasteiger partial charge is 0.397 e. The van der Waals surface area contributed by atoms with Crippen LogP contribution in [0.2, 0.25) is 0 Å². The molecule has 1 aromatic carbocycles. The van der Waals surface area contributed by atoms with Crippen molar-refractivity contribution in [2.45, 2.75) is 13.8 Å². The Kier molecular flexibility index (Phi) is 6.92. The van der Waals surface area contributed by atoms with Gasteiger partial charge in [-0.15, -0.1) is 0 Å². The van der Waals surface area contributed by atoms with Crippen LogP contribution in [0.1, 0.15) is 13.8 Å². The highest BCUT2D eigenvalue weighted by atomic mass is 16.5. The van der Waals surface area contributed by atoms with Crippen molar-refractivity contribution in [3.63, 3.8) is 0 Å². The molecular weight excluding hydrogens is 244 g/mol. The van der Waals surface area contributed by atoms with E-state index in [1.54, 1.807) is 12.1 Å². The normalized spacial score (nSPS) is 10.7. The second-order valence-corrected chi connectivity index (χ2v) is 4.66. The lowest BCUT2D eigenvalue weighted by atomic mass is 10.2. The summed E-state index contributed by atoms with van der Waals surface area (Å²) in [6.07, 6.45) is 0. The topological polar surface area (TPSA) is 73.6 Å². The van der Waals surface area contributed by atoms with Crippen LogP contribution in [0.3, 0.4) is 0 Å². The summed E-state index contributed by atoms with van der Waals surface area (Å²) in [5.74, 6) is 0.283. The number of nitrogens with two attached hydrogens (primary N) is 1. The average Bonchev–Trinajstić information content (AvgIpc) is 2.36. The molecule has 0 heterocycles. The first-order chi connectivity index (χ1) is 9.09. The number of nitrogen functional groups attached to an aromatic ring is 1. The number of ether oxygens (including phenoxy) is 2. The number of nitrogens with one attached hydrogen (secondary N) is 1. The summed E-state index contributed by atoms with van der Waals surface area (Å²) in [4.78, 5) is 11.6. The predicted octanol–water partition coefficient (Wildman–Crippen LogP) is 1.90. The Bertz CT molecular complexity index is 394. The maximum atomic E-state index is 11.6. The standard InChI is InChI=1S/C14H22N2O3/c1-11(2)9-18-7-8-19-10-14(17)16-13-6-4-3-5-12(13)15/h3-6,11H,7-10,15H2,1-2H3,(H,16,17). The molecule has 19 heavy (non-hydrogen) atoms. The van der Waals surface area contributed by atoms with E-state index in [2.05, 4.69) is 19.2 Å². The summed E-state index contributed by atoms with van der Waals surface area (Å²) in [5, 5.41) is 2.69. The summed E-state index contributed by atoms with van der Waals surface area (Å²) in [6.45, 7) is 5.77. The van der Waals surface area contributed by atoms with Gasteiger partial charge in [-0.2, -0.15) is 0 Å². The van der Waals surface area contributed by atoms with Crippen molar-refractivity contribution >= 4 is 17.3 Å². The third kappa shape index (κ3) is 6.79. The zero-order chi connectivity index (χ0) is 14.1. The van der Waals surface area contributed by atoms with E-state index in [4.69, 9.17) is 15.2 Å². The van der Waals surface area contributed by atoms with Crippen LogP contribution in [-0.2, 0) is 14.3 Å². The monoisotopic (exact) mass is 266 g/mol. The highest BCUT2D eigenvalue weighted by Crippen LogP contribution is 2.16. The molecule has 0 fully saturated rings. The van der Waals surface area contributed by atoms with E-state index in [0.29, 0.717) is 37.1 Å². The van der Waals surface area contributed by atoms with Crippen molar-refractivity contribution in [2.75, 3.05) is 37.5 Å². The summed E-state index contributed by atoms with van der Waals surface area (Å²) >= 11 is 0. The van der Waals surface area contributed by atoms with Gasteiger partial charge >= 0.3 is 0 Å². The van der Waals surface area contributed by atoms with Crippen molar-refractivity contribution in [3.05, 3.63) is 24.3 Å². The second kappa shape index (κ2) is 8.50. The van der Waals surface area contributed by atoms with Gasteiger partial charge in [-0.3, -0.25) is 4.79 Å². The number of para-hydroxylation sites is 2. The average molecular weight is 266 g/mol. The predicted molar refractivity (Wildman–Crippen MR) is 76.0 cm³/mol. The summed E-state index contributed by atoms with van der Waals surface area (Å²) in [5.41, 5.74) is 6.86. The SMILES string of the molecule is CC(C)COCCOCC(=O)Nc1ccccc1N. The Morgan fingerprint density at radius 3 is 2.63 bits per heavy atom. The van der Waals surface area contributed by atoms with Crippen molar-refractivity contribution in [3.8, 4) is 0 Å². The van der Waals surface area contributed by atoms with Gasteiger partial charge in [-0.25, -0.2) is 0 Å². The summed E-state index contributed by atoms with van der Waals surface area (Å²) < 4.78 is 10.5. The molecule has 0 aliphatic carbocycles. The van der Waals surface area contributed by atoms with Crippen molar-refractivity contribution < 1.29 is 14.3 Å². The highest BCUT2D eigenvalue weighted by Gasteiger charge is 2.04. The fourth-order valence-corrected chi connectivity index (χ4v) is 1.40. The Morgan fingerprint density at radius 1 is 1.26 bits per heavy atom. The molecule has 0 radical (unpaired) electrons. The van der Waals surface area contributed by atoms with Gasteiger partial charge in [0.2, 0.25) is 5.91 Å². The maximum Gasteiger partial charge on any atom is 0.250 e. The Labute approximate surface area is 114 Å². The van der Waals surface area contributed by atoms with E-state index in [1.807, 2.05) is 12.1 Å². The summed E-state index contributed by atoms with van der Waals surface area (Å²) in [7, 11) is 0. The number of benzene rings is 1. The van der Waals surface area contributed by atoms with Crippen LogP contribution in [0.4, 0.5) is 11.4 Å². The van der Waals surface area contributed by atoms with Crippen LogP contribution in [0.15, 0.2) is 24.3 Å². The fraction of sp³-hybridized carbons (Fsp3) is 0.500. The highest BCUT2D eigenvalue weighted by molar-refractivity contribution is 5.94. The van der Waals surface area contributed by atoms with Gasteiger partial charge in [-0.1, -0.05) is 26.0 Å². The van der Waals surface area contributed by atoms with Crippen LogP contribution in [0.5, 0.6) is 0 Å². The molecule has 106 valence electrons. The van der Waals surface area contributed by atoms with Gasteiger partial charge in [0.1, 0.15) is 6.61 Å². The fourth-order valence-electron chi connectivity index (χ4n) is 1.40. The van der Waals surface area contributed by atoms with Gasteiger partial charge in [0.05, 0.1) is 24.6 Å². The van der Waals surface area contributed by atoms with Gasteiger partial charge in [0, 0.05) is 6.61 Å². The van der Waals surface area contributed by atoms with Crippen molar-refractivity contribution in [1.29, 1.82) is 0 Å². The second-order valence-electron chi connectivity index (χ2n) is 4.66. The number of anilines is 2. The van der Waals surface area contributed by atoms with E-state index in [0.717, 1.165) is 0 Å². The molecule has 3 N–H and O–H groups in total. The molecule has 5 nitrogen and oxygen atoms in total. The number of carbonyl (C=O) groups excluding carboxylic acids is 1. The molecule has 5 heteroatoms. The molecule has 0 aliphatic heterocycles. The van der Waals surface area contributed by atoms with E-state index in [9.17, 15) is 4.79 Å². The third-order valence-corrected chi connectivity index (χ3v) is 2.29.